The normalized spacial score (nSPS) is 26.4. The molecular formula is C14H25N3O7S2. The van der Waals surface area contributed by atoms with Crippen molar-refractivity contribution < 1.29 is 30.1 Å². The second-order valence-corrected chi connectivity index (χ2v) is 9.27. The highest BCUT2D eigenvalue weighted by Gasteiger charge is 2.39. The van der Waals surface area contributed by atoms with Crippen LogP contribution in [0.2, 0.25) is 0 Å². The molecule has 1 aromatic heterocycles. The quantitative estimate of drug-likeness (QED) is 0.465. The van der Waals surface area contributed by atoms with E-state index in [4.69, 9.17) is 21.7 Å². The summed E-state index contributed by atoms with van der Waals surface area (Å²) in [4.78, 5) is 2.47. The molecule has 3 atom stereocenters. The molecule has 2 heterocycles. The number of rotatable bonds is 4. The van der Waals surface area contributed by atoms with E-state index < -0.39 is 20.5 Å². The number of hydrogen-bond acceptors (Lipinski definition) is 7. The number of nitrogens with one attached hydrogen (secondary N) is 1. The van der Waals surface area contributed by atoms with Crippen molar-refractivity contribution in [2.45, 2.75) is 32.2 Å². The van der Waals surface area contributed by atoms with Crippen LogP contribution in [0.5, 0.6) is 0 Å². The van der Waals surface area contributed by atoms with E-state index in [1.54, 1.807) is 0 Å². The summed E-state index contributed by atoms with van der Waals surface area (Å²) in [6.45, 7) is 4.38. The highest BCUT2D eigenvalue weighted by molar-refractivity contribution is 7.86. The summed E-state index contributed by atoms with van der Waals surface area (Å²) >= 11 is 0. The van der Waals surface area contributed by atoms with Gasteiger partial charge in [-0.1, -0.05) is 6.92 Å². The highest BCUT2D eigenvalue weighted by atomic mass is 32.3. The summed E-state index contributed by atoms with van der Waals surface area (Å²) in [5.41, 5.74) is 2.58. The van der Waals surface area contributed by atoms with E-state index in [9.17, 15) is 8.42 Å². The monoisotopic (exact) mass is 411 g/mol. The Morgan fingerprint density at radius 3 is 2.54 bits per heavy atom. The van der Waals surface area contributed by atoms with Gasteiger partial charge in [0, 0.05) is 18.3 Å². The molecule has 150 valence electrons. The fourth-order valence-electron chi connectivity index (χ4n) is 3.82. The Kier molecular flexibility index (Phi) is 6.80. The third-order valence-electron chi connectivity index (χ3n) is 4.77. The zero-order chi connectivity index (χ0) is 19.5. The van der Waals surface area contributed by atoms with Crippen LogP contribution in [0.1, 0.15) is 24.6 Å². The first-order chi connectivity index (χ1) is 12.0. The SMILES string of the molecule is CCN1CC(COS(C)(=O)=O)CC2Cc3[nH]ncc3CC21.O=S(=O)(O)O. The van der Waals surface area contributed by atoms with E-state index in [2.05, 4.69) is 22.0 Å². The van der Waals surface area contributed by atoms with Gasteiger partial charge in [-0.15, -0.1) is 0 Å². The molecule has 0 bridgehead atoms. The first-order valence-electron chi connectivity index (χ1n) is 8.25. The average Bonchev–Trinajstić information content (AvgIpc) is 2.94. The van der Waals surface area contributed by atoms with Crippen LogP contribution in [-0.4, -0.2) is 73.0 Å². The van der Waals surface area contributed by atoms with Crippen molar-refractivity contribution in [3.63, 3.8) is 0 Å². The zero-order valence-corrected chi connectivity index (χ0v) is 16.3. The topological polar surface area (TPSA) is 150 Å². The van der Waals surface area contributed by atoms with Gasteiger partial charge < -0.3 is 0 Å². The van der Waals surface area contributed by atoms with E-state index in [1.807, 2.05) is 6.20 Å². The fraction of sp³-hybridized carbons (Fsp3) is 0.786. The molecule has 0 radical (unpaired) electrons. The molecule has 1 fully saturated rings. The van der Waals surface area contributed by atoms with Gasteiger partial charge in [0.1, 0.15) is 0 Å². The third-order valence-corrected chi connectivity index (χ3v) is 5.33. The maximum absolute atomic E-state index is 11.2. The minimum absolute atomic E-state index is 0.283. The molecule has 1 aliphatic heterocycles. The van der Waals surface area contributed by atoms with E-state index in [-0.39, 0.29) is 5.92 Å². The van der Waals surface area contributed by atoms with Crippen LogP contribution in [0.4, 0.5) is 0 Å². The summed E-state index contributed by atoms with van der Waals surface area (Å²) in [5, 5.41) is 7.25. The van der Waals surface area contributed by atoms with Gasteiger partial charge in [-0.3, -0.25) is 23.3 Å². The Hall–Kier alpha value is -1.05. The molecule has 12 heteroatoms. The van der Waals surface area contributed by atoms with Crippen LogP contribution < -0.4 is 0 Å². The molecule has 3 unspecified atom stereocenters. The van der Waals surface area contributed by atoms with Crippen molar-refractivity contribution in [1.82, 2.24) is 15.1 Å². The minimum atomic E-state index is -4.67. The molecule has 0 saturated carbocycles. The summed E-state index contributed by atoms with van der Waals surface area (Å²) < 4.78 is 59.0. The van der Waals surface area contributed by atoms with E-state index in [0.29, 0.717) is 18.6 Å². The van der Waals surface area contributed by atoms with Crippen molar-refractivity contribution in [3.8, 4) is 0 Å². The molecule has 1 aromatic rings. The van der Waals surface area contributed by atoms with Crippen molar-refractivity contribution in [3.05, 3.63) is 17.5 Å². The molecule has 0 aromatic carbocycles. The predicted molar refractivity (Wildman–Crippen MR) is 93.6 cm³/mol. The predicted octanol–water partition coefficient (Wildman–Crippen LogP) is 0.158. The van der Waals surface area contributed by atoms with Crippen molar-refractivity contribution >= 4 is 20.5 Å². The maximum atomic E-state index is 11.2. The van der Waals surface area contributed by atoms with Gasteiger partial charge in [0.25, 0.3) is 10.1 Å². The van der Waals surface area contributed by atoms with Crippen LogP contribution in [-0.2, 0) is 37.5 Å². The number of aromatic amines is 1. The lowest BCUT2D eigenvalue weighted by atomic mass is 9.74. The van der Waals surface area contributed by atoms with E-state index in [0.717, 1.165) is 38.6 Å². The van der Waals surface area contributed by atoms with Gasteiger partial charge in [-0.2, -0.15) is 21.9 Å². The number of nitrogens with zero attached hydrogens (tertiary/aromatic N) is 2. The molecule has 26 heavy (non-hydrogen) atoms. The molecule has 0 amide bonds. The number of likely N-dealkylation sites (N-methyl/N-ethyl adjacent to an activating group) is 1. The third kappa shape index (κ3) is 6.59. The molecule has 3 N–H and O–H groups in total. The van der Waals surface area contributed by atoms with Crippen LogP contribution >= 0.6 is 0 Å². The Balaban J connectivity index is 0.000000431. The number of hydrogen-bond donors (Lipinski definition) is 3. The summed E-state index contributed by atoms with van der Waals surface area (Å²) in [6.07, 6.45) is 6.14. The van der Waals surface area contributed by atoms with Crippen LogP contribution in [0.3, 0.4) is 0 Å². The lowest BCUT2D eigenvalue weighted by Crippen LogP contribution is -2.52. The van der Waals surface area contributed by atoms with Crippen LogP contribution in [0.25, 0.3) is 0 Å². The first kappa shape index (κ1) is 21.3. The number of H-pyrrole nitrogens is 1. The average molecular weight is 412 g/mol. The summed E-state index contributed by atoms with van der Waals surface area (Å²) in [7, 11) is -8.02. The number of aromatic nitrogens is 2. The second kappa shape index (κ2) is 8.31. The Morgan fingerprint density at radius 2 is 1.96 bits per heavy atom. The summed E-state index contributed by atoms with van der Waals surface area (Å²) in [5.74, 6) is 0.838. The standard InChI is InChI=1S/C14H23N3O3S.H2O4S/c1-3-17-8-10(9-20-21(2,18)19)4-11-5-13-12(6-14(11)17)7-15-16-13;1-5(2,3)4/h7,10-11,14H,3-6,8-9H2,1-2H3,(H,15,16);(H2,1,2,3,4). The van der Waals surface area contributed by atoms with Gasteiger partial charge >= 0.3 is 10.4 Å². The van der Waals surface area contributed by atoms with Crippen molar-refractivity contribution in [2.24, 2.45) is 11.8 Å². The Labute approximate surface area is 153 Å². The van der Waals surface area contributed by atoms with Crippen molar-refractivity contribution in [1.29, 1.82) is 0 Å². The van der Waals surface area contributed by atoms with E-state index >= 15 is 0 Å². The molecule has 10 nitrogen and oxygen atoms in total. The minimum Gasteiger partial charge on any atom is -0.300 e. The molecule has 1 saturated heterocycles. The number of piperidine rings is 1. The summed E-state index contributed by atoms with van der Waals surface area (Å²) in [6, 6.07) is 0.551. The zero-order valence-electron chi connectivity index (χ0n) is 14.7. The van der Waals surface area contributed by atoms with Gasteiger partial charge in [0.2, 0.25) is 0 Å². The van der Waals surface area contributed by atoms with Gasteiger partial charge in [0.05, 0.1) is 19.1 Å². The first-order valence-corrected chi connectivity index (χ1v) is 11.5. The van der Waals surface area contributed by atoms with Gasteiger partial charge in [-0.05, 0) is 43.2 Å². The van der Waals surface area contributed by atoms with Gasteiger partial charge in [0.15, 0.2) is 0 Å². The number of likely N-dealkylation sites (tertiary alicyclic amines) is 1. The lowest BCUT2D eigenvalue weighted by molar-refractivity contribution is 0.0362. The van der Waals surface area contributed by atoms with Crippen LogP contribution in [0.15, 0.2) is 6.20 Å². The fourth-order valence-corrected chi connectivity index (χ4v) is 4.26. The molecule has 0 spiro atoms. The molecule has 2 aliphatic rings. The second-order valence-electron chi connectivity index (χ2n) is 6.74. The molecule has 1 aliphatic carbocycles. The Morgan fingerprint density at radius 1 is 1.31 bits per heavy atom. The smallest absolute Gasteiger partial charge is 0.300 e. The lowest BCUT2D eigenvalue weighted by Gasteiger charge is -2.46. The highest BCUT2D eigenvalue weighted by Crippen LogP contribution is 2.36. The number of fused-ring (bicyclic) bond motifs is 2. The largest absolute Gasteiger partial charge is 0.394 e. The van der Waals surface area contributed by atoms with Crippen molar-refractivity contribution in [2.75, 3.05) is 26.0 Å². The molecular weight excluding hydrogens is 386 g/mol. The maximum Gasteiger partial charge on any atom is 0.394 e. The van der Waals surface area contributed by atoms with Crippen LogP contribution in [0, 0.1) is 11.8 Å². The van der Waals surface area contributed by atoms with E-state index in [1.165, 1.54) is 11.3 Å². The Bertz CT molecular complexity index is 798. The molecule has 3 rings (SSSR count). The van der Waals surface area contributed by atoms with Gasteiger partial charge in [-0.25, -0.2) is 0 Å².